The Morgan fingerprint density at radius 1 is 0.586 bits per heavy atom. The molecule has 0 bridgehead atoms. The van der Waals surface area contributed by atoms with Crippen molar-refractivity contribution in [3.8, 4) is 0 Å². The first-order valence-electron chi connectivity index (χ1n) is 13.7. The van der Waals surface area contributed by atoms with Crippen LogP contribution in [0.25, 0.3) is 0 Å². The molecule has 1 saturated heterocycles. The van der Waals surface area contributed by atoms with E-state index in [2.05, 4.69) is 11.8 Å². The molecule has 0 aromatic heterocycles. The lowest BCUT2D eigenvalue weighted by atomic mass is 10.0. The van der Waals surface area contributed by atoms with Gasteiger partial charge in [0.15, 0.2) is 0 Å². The first kappa shape index (κ1) is 24.0. The van der Waals surface area contributed by atoms with Crippen molar-refractivity contribution in [2.24, 2.45) is 11.8 Å². The van der Waals surface area contributed by atoms with Crippen LogP contribution < -0.4 is 0 Å². The molecule has 2 aliphatic carbocycles. The van der Waals surface area contributed by atoms with E-state index < -0.39 is 0 Å². The van der Waals surface area contributed by atoms with Crippen molar-refractivity contribution in [1.82, 2.24) is 0 Å². The van der Waals surface area contributed by atoms with Gasteiger partial charge >= 0.3 is 0 Å². The summed E-state index contributed by atoms with van der Waals surface area (Å²) in [5.41, 5.74) is 0. The van der Waals surface area contributed by atoms with Gasteiger partial charge in [-0.25, -0.2) is 0 Å². The summed E-state index contributed by atoms with van der Waals surface area (Å²) >= 11 is 2.35. The zero-order valence-electron chi connectivity index (χ0n) is 19.4. The molecule has 0 spiro atoms. The molecule has 1 unspecified atom stereocenters. The van der Waals surface area contributed by atoms with Crippen LogP contribution in [0.15, 0.2) is 0 Å². The van der Waals surface area contributed by atoms with Crippen LogP contribution in [0.1, 0.15) is 135 Å². The van der Waals surface area contributed by atoms with Crippen molar-refractivity contribution in [3.63, 3.8) is 0 Å². The van der Waals surface area contributed by atoms with Crippen LogP contribution >= 0.6 is 11.8 Å². The standard InChI is InChI=1S/C27H50OS/c1(2-4-6-8-10-12-16-26-17-13-14-22-28-26)3-5-7-9-11-15-23-29-27(24-18-19-24)25-20-21-25/h24-27H,1-23H2. The number of rotatable bonds is 19. The van der Waals surface area contributed by atoms with Crippen molar-refractivity contribution in [2.75, 3.05) is 12.4 Å². The molecule has 1 nitrogen and oxygen atoms in total. The Morgan fingerprint density at radius 2 is 1.10 bits per heavy atom. The van der Waals surface area contributed by atoms with Gasteiger partial charge in [-0.05, 0) is 75.4 Å². The van der Waals surface area contributed by atoms with Gasteiger partial charge in [0.1, 0.15) is 0 Å². The second kappa shape index (κ2) is 15.2. The first-order chi connectivity index (χ1) is 14.4. The van der Waals surface area contributed by atoms with Gasteiger partial charge in [-0.2, -0.15) is 11.8 Å². The van der Waals surface area contributed by atoms with E-state index in [1.165, 1.54) is 115 Å². The maximum atomic E-state index is 5.83. The van der Waals surface area contributed by atoms with E-state index in [1.54, 1.807) is 25.7 Å². The van der Waals surface area contributed by atoms with E-state index in [0.29, 0.717) is 6.10 Å². The molecular weight excluding hydrogens is 372 g/mol. The highest BCUT2D eigenvalue weighted by atomic mass is 32.2. The highest BCUT2D eigenvalue weighted by molar-refractivity contribution is 7.99. The Bertz CT molecular complexity index is 372. The van der Waals surface area contributed by atoms with E-state index >= 15 is 0 Å². The van der Waals surface area contributed by atoms with Gasteiger partial charge in [-0.1, -0.05) is 77.0 Å². The van der Waals surface area contributed by atoms with Gasteiger partial charge in [0, 0.05) is 11.9 Å². The minimum absolute atomic E-state index is 0.602. The third-order valence-corrected chi connectivity index (χ3v) is 9.11. The van der Waals surface area contributed by atoms with Crippen molar-refractivity contribution in [1.29, 1.82) is 0 Å². The molecular formula is C27H50OS. The Kier molecular flexibility index (Phi) is 12.5. The molecule has 3 fully saturated rings. The van der Waals surface area contributed by atoms with E-state index in [-0.39, 0.29) is 0 Å². The zero-order chi connectivity index (χ0) is 20.0. The fourth-order valence-corrected chi connectivity index (χ4v) is 6.91. The largest absolute Gasteiger partial charge is 0.378 e. The Morgan fingerprint density at radius 3 is 1.59 bits per heavy atom. The molecule has 3 rings (SSSR count). The van der Waals surface area contributed by atoms with Crippen LogP contribution in [-0.4, -0.2) is 23.7 Å². The maximum Gasteiger partial charge on any atom is 0.0575 e. The lowest BCUT2D eigenvalue weighted by molar-refractivity contribution is 0.00977. The third kappa shape index (κ3) is 11.5. The summed E-state index contributed by atoms with van der Waals surface area (Å²) in [6, 6.07) is 0. The van der Waals surface area contributed by atoms with Crippen molar-refractivity contribution >= 4 is 11.8 Å². The van der Waals surface area contributed by atoms with Gasteiger partial charge in [-0.3, -0.25) is 0 Å². The first-order valence-corrected chi connectivity index (χ1v) is 14.7. The van der Waals surface area contributed by atoms with Gasteiger partial charge < -0.3 is 4.74 Å². The highest BCUT2D eigenvalue weighted by Crippen LogP contribution is 2.50. The maximum absolute atomic E-state index is 5.83. The predicted molar refractivity (Wildman–Crippen MR) is 130 cm³/mol. The van der Waals surface area contributed by atoms with Gasteiger partial charge in [0.2, 0.25) is 0 Å². The Hall–Kier alpha value is 0.310. The summed E-state index contributed by atoms with van der Waals surface area (Å²) in [4.78, 5) is 0. The second-order valence-corrected chi connectivity index (χ2v) is 11.7. The van der Waals surface area contributed by atoms with E-state index in [0.717, 1.165) is 23.7 Å². The topological polar surface area (TPSA) is 9.23 Å². The lowest BCUT2D eigenvalue weighted by Crippen LogP contribution is -2.18. The molecule has 1 heterocycles. The van der Waals surface area contributed by atoms with E-state index in [9.17, 15) is 0 Å². The normalized spacial score (nSPS) is 22.4. The summed E-state index contributed by atoms with van der Waals surface area (Å²) in [7, 11) is 0. The second-order valence-electron chi connectivity index (χ2n) is 10.4. The average molecular weight is 423 g/mol. The predicted octanol–water partition coefficient (Wildman–Crippen LogP) is 8.94. The van der Waals surface area contributed by atoms with E-state index in [1.807, 2.05) is 0 Å². The van der Waals surface area contributed by atoms with Gasteiger partial charge in [0.05, 0.1) is 6.10 Å². The van der Waals surface area contributed by atoms with Crippen LogP contribution in [0.2, 0.25) is 0 Å². The fourth-order valence-electron chi connectivity index (χ4n) is 5.18. The van der Waals surface area contributed by atoms with Crippen LogP contribution in [-0.2, 0) is 4.74 Å². The summed E-state index contributed by atoms with van der Waals surface area (Å²) in [5.74, 6) is 3.71. The molecule has 0 aromatic carbocycles. The number of hydrogen-bond donors (Lipinski definition) is 0. The van der Waals surface area contributed by atoms with Crippen molar-refractivity contribution in [2.45, 2.75) is 146 Å². The van der Waals surface area contributed by atoms with Crippen molar-refractivity contribution < 1.29 is 4.74 Å². The summed E-state index contributed by atoms with van der Waals surface area (Å²) in [5, 5.41) is 1.07. The molecule has 1 atom stereocenters. The summed E-state index contributed by atoms with van der Waals surface area (Å²) < 4.78 is 5.83. The highest BCUT2D eigenvalue weighted by Gasteiger charge is 2.41. The number of thioether (sulfide) groups is 1. The van der Waals surface area contributed by atoms with Crippen LogP contribution in [0.4, 0.5) is 0 Å². The molecule has 2 saturated carbocycles. The monoisotopic (exact) mass is 422 g/mol. The fraction of sp³-hybridized carbons (Fsp3) is 1.00. The average Bonchev–Trinajstić information content (AvgIpc) is 3.65. The van der Waals surface area contributed by atoms with Crippen molar-refractivity contribution in [3.05, 3.63) is 0 Å². The SMILES string of the molecule is C(CCCCCCCSC(C1CC1)C1CC1)CCCCCCCC1CCCCO1. The molecule has 0 N–H and O–H groups in total. The van der Waals surface area contributed by atoms with Gasteiger partial charge in [0.25, 0.3) is 0 Å². The Balaban J connectivity index is 0.977. The molecule has 2 heteroatoms. The summed E-state index contributed by atoms with van der Waals surface area (Å²) in [6.07, 6.45) is 31.2. The smallest absolute Gasteiger partial charge is 0.0575 e. The Labute approximate surface area is 186 Å². The molecule has 3 aliphatic rings. The number of ether oxygens (including phenoxy) is 1. The van der Waals surface area contributed by atoms with Crippen LogP contribution in [0.3, 0.4) is 0 Å². The molecule has 0 aromatic rings. The van der Waals surface area contributed by atoms with Crippen LogP contribution in [0.5, 0.6) is 0 Å². The van der Waals surface area contributed by atoms with E-state index in [4.69, 9.17) is 4.74 Å². The number of hydrogen-bond acceptors (Lipinski definition) is 2. The number of unbranched alkanes of at least 4 members (excludes halogenated alkanes) is 12. The minimum Gasteiger partial charge on any atom is -0.378 e. The zero-order valence-corrected chi connectivity index (χ0v) is 20.2. The lowest BCUT2D eigenvalue weighted by Gasteiger charge is -2.22. The molecule has 1 aliphatic heterocycles. The van der Waals surface area contributed by atoms with Crippen LogP contribution in [0, 0.1) is 11.8 Å². The minimum atomic E-state index is 0.602. The van der Waals surface area contributed by atoms with Gasteiger partial charge in [-0.15, -0.1) is 0 Å². The molecule has 170 valence electrons. The third-order valence-electron chi connectivity index (χ3n) is 7.43. The molecule has 29 heavy (non-hydrogen) atoms. The quantitative estimate of drug-likeness (QED) is 0.192. The molecule has 0 amide bonds. The summed E-state index contributed by atoms with van der Waals surface area (Å²) in [6.45, 7) is 1.02. The molecule has 0 radical (unpaired) electrons.